The van der Waals surface area contributed by atoms with Crippen LogP contribution in [0, 0.1) is 6.92 Å². The summed E-state index contributed by atoms with van der Waals surface area (Å²) in [7, 11) is -4.34. The zero-order valence-electron chi connectivity index (χ0n) is 19.8. The Bertz CT molecular complexity index is 1350. The van der Waals surface area contributed by atoms with Crippen LogP contribution in [0.1, 0.15) is 27.2 Å². The Morgan fingerprint density at radius 1 is 0.919 bits per heavy atom. The van der Waals surface area contributed by atoms with Crippen molar-refractivity contribution in [3.63, 3.8) is 0 Å². The van der Waals surface area contributed by atoms with Crippen LogP contribution >= 0.6 is 0 Å². The van der Waals surface area contributed by atoms with Crippen LogP contribution in [0.4, 0.5) is 18.0 Å². The average molecular weight is 536 g/mol. The number of furan rings is 1. The van der Waals surface area contributed by atoms with Crippen molar-refractivity contribution in [1.29, 1.82) is 0 Å². The second-order valence-electron chi connectivity index (χ2n) is 8.56. The molecule has 1 aliphatic heterocycles. The van der Waals surface area contributed by atoms with Gasteiger partial charge in [0.25, 0.3) is 15.9 Å². The van der Waals surface area contributed by atoms with Gasteiger partial charge in [0.2, 0.25) is 0 Å². The molecule has 1 fully saturated rings. The number of halogens is 3. The number of rotatable bonds is 5. The number of aryl methyl sites for hydroxylation is 1. The molecule has 3 amide bonds. The van der Waals surface area contributed by atoms with Crippen molar-refractivity contribution in [1.82, 2.24) is 14.1 Å². The molecule has 12 heteroatoms. The number of nitrogens with zero attached hydrogens (tertiary/aromatic N) is 3. The Balaban J connectivity index is 1.57. The molecule has 8 nitrogen and oxygen atoms in total. The van der Waals surface area contributed by atoms with Crippen molar-refractivity contribution >= 4 is 22.0 Å². The molecule has 3 aromatic rings. The zero-order chi connectivity index (χ0) is 26.8. The lowest BCUT2D eigenvalue weighted by molar-refractivity contribution is -0.137. The lowest BCUT2D eigenvalue weighted by Gasteiger charge is -2.37. The number of carbonyl (C=O) groups is 2. The molecule has 4 rings (SSSR count). The number of alkyl halides is 3. The molecule has 2 heterocycles. The van der Waals surface area contributed by atoms with Crippen LogP contribution < -0.4 is 0 Å². The summed E-state index contributed by atoms with van der Waals surface area (Å²) in [6.45, 7) is 1.77. The van der Waals surface area contributed by atoms with Crippen LogP contribution in [0.3, 0.4) is 0 Å². The largest absolute Gasteiger partial charge is 0.459 e. The highest BCUT2D eigenvalue weighted by Gasteiger charge is 2.36. The number of urea groups is 1. The molecule has 0 spiro atoms. The molecule has 0 N–H and O–H groups in total. The molecule has 1 aliphatic rings. The number of sulfonamides is 1. The normalized spacial score (nSPS) is 14.5. The Morgan fingerprint density at radius 3 is 2.05 bits per heavy atom. The first kappa shape index (κ1) is 26.3. The maximum absolute atomic E-state index is 13.5. The number of piperazine rings is 1. The first-order chi connectivity index (χ1) is 17.5. The van der Waals surface area contributed by atoms with Crippen LogP contribution in [0.2, 0.25) is 0 Å². The summed E-state index contributed by atoms with van der Waals surface area (Å²) in [5.41, 5.74) is 0.147. The zero-order valence-corrected chi connectivity index (χ0v) is 20.6. The van der Waals surface area contributed by atoms with Gasteiger partial charge in [0.1, 0.15) is 0 Å². The van der Waals surface area contributed by atoms with Crippen molar-refractivity contribution < 1.29 is 35.6 Å². The van der Waals surface area contributed by atoms with E-state index >= 15 is 0 Å². The standard InChI is InChI=1S/C25H24F3N3O5S/c1-18-4-10-21(11-5-18)37(34,35)31(17-19-6-8-20(9-7-19)25(26,27)28)24(33)30-14-12-29(13-15-30)23(32)22-3-2-16-36-22/h2-11,16H,12-15,17H2,1H3. The van der Waals surface area contributed by atoms with E-state index in [4.69, 9.17) is 4.42 Å². The van der Waals surface area contributed by atoms with Crippen molar-refractivity contribution in [2.24, 2.45) is 0 Å². The third-order valence-corrected chi connectivity index (χ3v) is 7.73. The summed E-state index contributed by atoms with van der Waals surface area (Å²) in [5, 5.41) is 0. The van der Waals surface area contributed by atoms with Gasteiger partial charge >= 0.3 is 12.2 Å². The maximum Gasteiger partial charge on any atom is 0.416 e. The number of amides is 3. The minimum absolute atomic E-state index is 0.0677. The molecular weight excluding hydrogens is 511 g/mol. The van der Waals surface area contributed by atoms with Crippen LogP contribution in [0.25, 0.3) is 0 Å². The number of hydrogen-bond acceptors (Lipinski definition) is 5. The van der Waals surface area contributed by atoms with Gasteiger partial charge in [0.15, 0.2) is 5.76 Å². The van der Waals surface area contributed by atoms with E-state index in [-0.39, 0.29) is 48.3 Å². The molecule has 1 aromatic heterocycles. The Hall–Kier alpha value is -3.80. The van der Waals surface area contributed by atoms with E-state index in [2.05, 4.69) is 0 Å². The van der Waals surface area contributed by atoms with Gasteiger partial charge in [-0.25, -0.2) is 17.5 Å². The molecule has 37 heavy (non-hydrogen) atoms. The van der Waals surface area contributed by atoms with E-state index < -0.39 is 34.3 Å². The average Bonchev–Trinajstić information content (AvgIpc) is 3.42. The van der Waals surface area contributed by atoms with E-state index in [1.165, 1.54) is 34.3 Å². The molecule has 0 saturated carbocycles. The third kappa shape index (κ3) is 5.79. The first-order valence-corrected chi connectivity index (χ1v) is 12.8. The Labute approximate surface area is 211 Å². The number of carbonyl (C=O) groups excluding carboxylic acids is 2. The summed E-state index contributed by atoms with van der Waals surface area (Å²) in [6, 6.07) is 12.2. The molecule has 196 valence electrons. The predicted molar refractivity (Wildman–Crippen MR) is 127 cm³/mol. The first-order valence-electron chi connectivity index (χ1n) is 11.3. The highest BCUT2D eigenvalue weighted by atomic mass is 32.2. The fourth-order valence-corrected chi connectivity index (χ4v) is 5.25. The minimum Gasteiger partial charge on any atom is -0.459 e. The molecule has 1 saturated heterocycles. The molecule has 0 aliphatic carbocycles. The molecule has 0 radical (unpaired) electrons. The lowest BCUT2D eigenvalue weighted by Crippen LogP contribution is -2.54. The van der Waals surface area contributed by atoms with E-state index in [0.717, 1.165) is 29.8 Å². The van der Waals surface area contributed by atoms with Gasteiger partial charge in [0.05, 0.1) is 23.3 Å². The van der Waals surface area contributed by atoms with Crippen molar-refractivity contribution in [3.05, 3.63) is 89.4 Å². The van der Waals surface area contributed by atoms with Crippen LogP contribution in [0.5, 0.6) is 0 Å². The van der Waals surface area contributed by atoms with Crippen LogP contribution in [0.15, 0.2) is 76.2 Å². The van der Waals surface area contributed by atoms with Gasteiger partial charge in [-0.2, -0.15) is 13.2 Å². The lowest BCUT2D eigenvalue weighted by atomic mass is 10.1. The highest BCUT2D eigenvalue weighted by Crippen LogP contribution is 2.30. The topological polar surface area (TPSA) is 91.1 Å². The fourth-order valence-electron chi connectivity index (χ4n) is 3.87. The van der Waals surface area contributed by atoms with Gasteiger partial charge in [0, 0.05) is 26.2 Å². The second kappa shape index (κ2) is 10.3. The van der Waals surface area contributed by atoms with E-state index in [0.29, 0.717) is 4.31 Å². The summed E-state index contributed by atoms with van der Waals surface area (Å²) in [4.78, 5) is 28.7. The summed E-state index contributed by atoms with van der Waals surface area (Å²) < 4.78 is 71.7. The second-order valence-corrected chi connectivity index (χ2v) is 10.4. The van der Waals surface area contributed by atoms with Gasteiger partial charge in [-0.1, -0.05) is 29.8 Å². The van der Waals surface area contributed by atoms with Gasteiger partial charge in [-0.3, -0.25) is 4.79 Å². The van der Waals surface area contributed by atoms with Crippen LogP contribution in [-0.4, -0.2) is 60.6 Å². The SMILES string of the molecule is Cc1ccc(S(=O)(=O)N(Cc2ccc(C(F)(F)F)cc2)C(=O)N2CCN(C(=O)c3ccco3)CC2)cc1. The van der Waals surface area contributed by atoms with Gasteiger partial charge in [-0.15, -0.1) is 0 Å². The Kier molecular flexibility index (Phi) is 7.30. The minimum atomic E-state index is -4.55. The highest BCUT2D eigenvalue weighted by molar-refractivity contribution is 7.89. The van der Waals surface area contributed by atoms with E-state index in [9.17, 15) is 31.2 Å². The molecular formula is C25H24F3N3O5S. The molecule has 0 atom stereocenters. The molecule has 2 aromatic carbocycles. The quantitative estimate of drug-likeness (QED) is 0.484. The van der Waals surface area contributed by atoms with E-state index in [1.807, 2.05) is 0 Å². The van der Waals surface area contributed by atoms with Crippen LogP contribution in [-0.2, 0) is 22.7 Å². The monoisotopic (exact) mass is 535 g/mol. The number of hydrogen-bond donors (Lipinski definition) is 0. The van der Waals surface area contributed by atoms with Crippen molar-refractivity contribution in [2.75, 3.05) is 26.2 Å². The fraction of sp³-hybridized carbons (Fsp3) is 0.280. The smallest absolute Gasteiger partial charge is 0.416 e. The summed E-state index contributed by atoms with van der Waals surface area (Å²) in [5.74, 6) is -0.184. The Morgan fingerprint density at radius 2 is 1.51 bits per heavy atom. The summed E-state index contributed by atoms with van der Waals surface area (Å²) in [6.07, 6.45) is -3.17. The van der Waals surface area contributed by atoms with Crippen molar-refractivity contribution in [3.8, 4) is 0 Å². The molecule has 0 bridgehead atoms. The summed E-state index contributed by atoms with van der Waals surface area (Å²) >= 11 is 0. The maximum atomic E-state index is 13.5. The van der Waals surface area contributed by atoms with Gasteiger partial charge < -0.3 is 14.2 Å². The van der Waals surface area contributed by atoms with Crippen molar-refractivity contribution in [2.45, 2.75) is 24.5 Å². The number of benzene rings is 2. The molecule has 0 unspecified atom stereocenters. The van der Waals surface area contributed by atoms with E-state index in [1.54, 1.807) is 25.1 Å². The predicted octanol–water partition coefficient (Wildman–Crippen LogP) is 4.38. The third-order valence-electron chi connectivity index (χ3n) is 6.00. The van der Waals surface area contributed by atoms with Gasteiger partial charge in [-0.05, 0) is 48.9 Å².